The standard InChI is InChI=1S/C21H26BrNO3S/c1-21(2,17-12-10-16(15-22)11-13-17)23-27(24,25)20-9-5-8-19(14-20)26-18-6-3-4-7-18/h5,8-14,18,23H,3-4,6-7,15H2,1-2H3. The number of nitrogens with one attached hydrogen (secondary N) is 1. The van der Waals surface area contributed by atoms with Gasteiger partial charge in [-0.3, -0.25) is 0 Å². The van der Waals surface area contributed by atoms with Crippen LogP contribution in [0.4, 0.5) is 0 Å². The van der Waals surface area contributed by atoms with Gasteiger partial charge in [-0.15, -0.1) is 0 Å². The molecule has 27 heavy (non-hydrogen) atoms. The molecule has 0 aliphatic heterocycles. The highest BCUT2D eigenvalue weighted by Gasteiger charge is 2.28. The van der Waals surface area contributed by atoms with Gasteiger partial charge in [-0.05, 0) is 62.8 Å². The van der Waals surface area contributed by atoms with Crippen molar-refractivity contribution in [2.45, 2.75) is 61.4 Å². The zero-order valence-corrected chi connectivity index (χ0v) is 18.1. The van der Waals surface area contributed by atoms with Crippen molar-refractivity contribution in [1.82, 2.24) is 4.72 Å². The first-order valence-corrected chi connectivity index (χ1v) is 11.9. The predicted octanol–water partition coefficient (Wildman–Crippen LogP) is 5.12. The highest BCUT2D eigenvalue weighted by molar-refractivity contribution is 9.08. The van der Waals surface area contributed by atoms with Crippen molar-refractivity contribution >= 4 is 26.0 Å². The number of benzene rings is 2. The summed E-state index contributed by atoms with van der Waals surface area (Å²) in [6.45, 7) is 3.74. The van der Waals surface area contributed by atoms with E-state index in [1.165, 1.54) is 12.8 Å². The fraction of sp³-hybridized carbons (Fsp3) is 0.429. The average Bonchev–Trinajstić information content (AvgIpc) is 3.14. The minimum absolute atomic E-state index is 0.195. The maximum absolute atomic E-state index is 13.0. The van der Waals surface area contributed by atoms with Crippen LogP contribution in [0.2, 0.25) is 0 Å². The monoisotopic (exact) mass is 451 g/mol. The molecule has 2 aromatic rings. The van der Waals surface area contributed by atoms with Crippen molar-refractivity contribution in [3.63, 3.8) is 0 Å². The second-order valence-electron chi connectivity index (χ2n) is 7.56. The molecule has 1 saturated carbocycles. The Labute approximate surface area is 170 Å². The molecule has 1 aliphatic carbocycles. The summed E-state index contributed by atoms with van der Waals surface area (Å²) in [5.74, 6) is 0.615. The maximum Gasteiger partial charge on any atom is 0.241 e. The minimum Gasteiger partial charge on any atom is -0.490 e. The largest absolute Gasteiger partial charge is 0.490 e. The lowest BCUT2D eigenvalue weighted by molar-refractivity contribution is 0.209. The molecule has 146 valence electrons. The predicted molar refractivity (Wildman–Crippen MR) is 112 cm³/mol. The van der Waals surface area contributed by atoms with Crippen molar-refractivity contribution in [2.75, 3.05) is 0 Å². The number of alkyl halides is 1. The van der Waals surface area contributed by atoms with Gasteiger partial charge >= 0.3 is 0 Å². The third kappa shape index (κ3) is 5.12. The number of hydrogen-bond donors (Lipinski definition) is 1. The van der Waals surface area contributed by atoms with Crippen LogP contribution < -0.4 is 9.46 Å². The van der Waals surface area contributed by atoms with E-state index in [2.05, 4.69) is 20.7 Å². The molecule has 1 N–H and O–H groups in total. The Balaban J connectivity index is 1.78. The first-order valence-electron chi connectivity index (χ1n) is 9.26. The van der Waals surface area contributed by atoms with E-state index < -0.39 is 15.6 Å². The lowest BCUT2D eigenvalue weighted by Crippen LogP contribution is -2.40. The van der Waals surface area contributed by atoms with Gasteiger partial charge in [0.15, 0.2) is 0 Å². The third-order valence-corrected chi connectivity index (χ3v) is 7.24. The number of hydrogen-bond acceptors (Lipinski definition) is 3. The molecule has 0 heterocycles. The molecule has 1 aliphatic rings. The second-order valence-corrected chi connectivity index (χ2v) is 9.80. The topological polar surface area (TPSA) is 55.4 Å². The number of halogens is 1. The Morgan fingerprint density at radius 2 is 1.78 bits per heavy atom. The quantitative estimate of drug-likeness (QED) is 0.594. The van der Waals surface area contributed by atoms with Crippen LogP contribution in [0.25, 0.3) is 0 Å². The van der Waals surface area contributed by atoms with E-state index in [4.69, 9.17) is 4.74 Å². The Bertz CT molecular complexity index is 873. The first kappa shape index (κ1) is 20.4. The lowest BCUT2D eigenvalue weighted by atomic mass is 9.95. The lowest BCUT2D eigenvalue weighted by Gasteiger charge is -2.27. The molecular weight excluding hydrogens is 426 g/mol. The van der Waals surface area contributed by atoms with Gasteiger partial charge in [0.25, 0.3) is 0 Å². The summed E-state index contributed by atoms with van der Waals surface area (Å²) >= 11 is 3.43. The number of rotatable bonds is 7. The molecule has 4 nitrogen and oxygen atoms in total. The summed E-state index contributed by atoms with van der Waals surface area (Å²) in [7, 11) is -3.68. The van der Waals surface area contributed by atoms with Gasteiger partial charge in [-0.25, -0.2) is 13.1 Å². The third-order valence-electron chi connectivity index (χ3n) is 4.94. The van der Waals surface area contributed by atoms with Crippen LogP contribution in [0.15, 0.2) is 53.4 Å². The van der Waals surface area contributed by atoms with Crippen LogP contribution in [-0.4, -0.2) is 14.5 Å². The molecule has 0 unspecified atom stereocenters. The molecule has 0 radical (unpaired) electrons. The molecule has 0 spiro atoms. The van der Waals surface area contributed by atoms with Crippen LogP contribution in [0.1, 0.15) is 50.7 Å². The average molecular weight is 452 g/mol. The zero-order valence-electron chi connectivity index (χ0n) is 15.7. The van der Waals surface area contributed by atoms with Gasteiger partial charge < -0.3 is 4.74 Å². The highest BCUT2D eigenvalue weighted by atomic mass is 79.9. The SMILES string of the molecule is CC(C)(NS(=O)(=O)c1cccc(OC2CCCC2)c1)c1ccc(CBr)cc1. The van der Waals surface area contributed by atoms with Crippen LogP contribution in [0.3, 0.4) is 0 Å². The molecule has 1 fully saturated rings. The normalized spacial score (nSPS) is 15.8. The van der Waals surface area contributed by atoms with E-state index in [-0.39, 0.29) is 11.0 Å². The number of sulfonamides is 1. The molecule has 6 heteroatoms. The van der Waals surface area contributed by atoms with Gasteiger partial charge in [-0.1, -0.05) is 46.3 Å². The maximum atomic E-state index is 13.0. The van der Waals surface area contributed by atoms with Gasteiger partial charge in [0.2, 0.25) is 10.0 Å². The van der Waals surface area contributed by atoms with Crippen molar-refractivity contribution in [2.24, 2.45) is 0 Å². The number of ether oxygens (including phenoxy) is 1. The molecule has 0 aromatic heterocycles. The van der Waals surface area contributed by atoms with E-state index in [0.717, 1.165) is 29.3 Å². The van der Waals surface area contributed by atoms with Crippen molar-refractivity contribution in [3.8, 4) is 5.75 Å². The zero-order chi connectivity index (χ0) is 19.5. The highest BCUT2D eigenvalue weighted by Crippen LogP contribution is 2.28. The van der Waals surface area contributed by atoms with Crippen molar-refractivity contribution in [3.05, 3.63) is 59.7 Å². The van der Waals surface area contributed by atoms with Gasteiger partial charge in [0.1, 0.15) is 5.75 Å². The molecule has 2 aromatic carbocycles. The van der Waals surface area contributed by atoms with Gasteiger partial charge in [0.05, 0.1) is 16.5 Å². The van der Waals surface area contributed by atoms with Crippen LogP contribution >= 0.6 is 15.9 Å². The van der Waals surface area contributed by atoms with Crippen LogP contribution in [-0.2, 0) is 20.9 Å². The smallest absolute Gasteiger partial charge is 0.241 e. The van der Waals surface area contributed by atoms with E-state index in [0.29, 0.717) is 5.75 Å². The summed E-state index contributed by atoms with van der Waals surface area (Å²) in [6.07, 6.45) is 4.61. The van der Waals surface area contributed by atoms with Crippen molar-refractivity contribution < 1.29 is 13.2 Å². The first-order chi connectivity index (χ1) is 12.8. The summed E-state index contributed by atoms with van der Waals surface area (Å²) in [5, 5.41) is 0.771. The minimum atomic E-state index is -3.68. The molecule has 0 amide bonds. The van der Waals surface area contributed by atoms with Crippen LogP contribution in [0.5, 0.6) is 5.75 Å². The molecule has 3 rings (SSSR count). The molecular formula is C21H26BrNO3S. The summed E-state index contributed by atoms with van der Waals surface area (Å²) < 4.78 is 34.7. The molecule has 0 bridgehead atoms. The Hall–Kier alpha value is -1.37. The summed E-state index contributed by atoms with van der Waals surface area (Å²) in [6, 6.07) is 14.7. The van der Waals surface area contributed by atoms with Gasteiger partial charge in [0, 0.05) is 11.4 Å². The summed E-state index contributed by atoms with van der Waals surface area (Å²) in [5.41, 5.74) is 1.33. The van der Waals surface area contributed by atoms with E-state index in [1.807, 2.05) is 44.2 Å². The van der Waals surface area contributed by atoms with E-state index in [1.54, 1.807) is 18.2 Å². The summed E-state index contributed by atoms with van der Waals surface area (Å²) in [4.78, 5) is 0.225. The Morgan fingerprint density at radius 3 is 2.41 bits per heavy atom. The Morgan fingerprint density at radius 1 is 1.11 bits per heavy atom. The Kier molecular flexibility index (Phi) is 6.28. The second kappa shape index (κ2) is 8.33. The fourth-order valence-corrected chi connectivity index (χ4v) is 5.19. The van der Waals surface area contributed by atoms with E-state index >= 15 is 0 Å². The molecule has 0 atom stereocenters. The fourth-order valence-electron chi connectivity index (χ4n) is 3.38. The van der Waals surface area contributed by atoms with E-state index in [9.17, 15) is 8.42 Å². The van der Waals surface area contributed by atoms with Gasteiger partial charge in [-0.2, -0.15) is 0 Å². The molecule has 0 saturated heterocycles. The van der Waals surface area contributed by atoms with Crippen LogP contribution in [0, 0.1) is 0 Å². The van der Waals surface area contributed by atoms with Crippen molar-refractivity contribution in [1.29, 1.82) is 0 Å².